The van der Waals surface area contributed by atoms with Gasteiger partial charge in [0.1, 0.15) is 0 Å². The maximum atomic E-state index is 2.40. The van der Waals surface area contributed by atoms with Gasteiger partial charge in [-0.15, -0.1) is 0 Å². The number of nitrogens with zero attached hydrogens (tertiary/aromatic N) is 1. The van der Waals surface area contributed by atoms with Gasteiger partial charge >= 0.3 is 0 Å². The fourth-order valence-electron chi connectivity index (χ4n) is 5.66. The molecule has 0 bridgehead atoms. The summed E-state index contributed by atoms with van der Waals surface area (Å²) in [5.74, 6) is 0. The summed E-state index contributed by atoms with van der Waals surface area (Å²) >= 11 is 0. The summed E-state index contributed by atoms with van der Waals surface area (Å²) < 4.78 is 0. The molecule has 0 heterocycles. The summed E-state index contributed by atoms with van der Waals surface area (Å²) in [4.78, 5) is 2.40. The first-order valence-corrected chi connectivity index (χ1v) is 13.4. The minimum atomic E-state index is 1.17. The molecule has 0 N–H and O–H groups in total. The van der Waals surface area contributed by atoms with Crippen LogP contribution in [0.4, 0.5) is 17.1 Å². The van der Waals surface area contributed by atoms with E-state index >= 15 is 0 Å². The predicted octanol–water partition coefficient (Wildman–Crippen LogP) is 9.30. The summed E-state index contributed by atoms with van der Waals surface area (Å²) in [7, 11) is 0. The lowest BCUT2D eigenvalue weighted by Gasteiger charge is -2.28. The molecule has 0 saturated carbocycles. The van der Waals surface area contributed by atoms with Crippen molar-refractivity contribution in [2.75, 3.05) is 4.90 Å². The van der Waals surface area contributed by atoms with Crippen LogP contribution in [-0.4, -0.2) is 0 Å². The summed E-state index contributed by atoms with van der Waals surface area (Å²) in [6.07, 6.45) is 4.81. The summed E-state index contributed by atoms with van der Waals surface area (Å²) in [6.45, 7) is 4.30. The van der Waals surface area contributed by atoms with Crippen LogP contribution in [0.5, 0.6) is 0 Å². The molecule has 0 radical (unpaired) electrons. The summed E-state index contributed by atoms with van der Waals surface area (Å²) in [5, 5.41) is 0. The third-order valence-electron chi connectivity index (χ3n) is 8.17. The van der Waals surface area contributed by atoms with Crippen molar-refractivity contribution in [3.8, 4) is 22.3 Å². The van der Waals surface area contributed by atoms with Crippen LogP contribution in [-0.2, 0) is 25.7 Å². The van der Waals surface area contributed by atoms with Crippen molar-refractivity contribution in [3.05, 3.63) is 137 Å². The van der Waals surface area contributed by atoms with Crippen molar-refractivity contribution >= 4 is 17.1 Å². The average molecular weight is 478 g/mol. The van der Waals surface area contributed by atoms with E-state index in [4.69, 9.17) is 0 Å². The molecule has 0 amide bonds. The summed E-state index contributed by atoms with van der Waals surface area (Å²) in [6, 6.07) is 38.9. The fraction of sp³-hybridized carbons (Fsp3) is 0.167. The quantitative estimate of drug-likeness (QED) is 0.244. The lowest BCUT2D eigenvalue weighted by atomic mass is 9.84. The highest BCUT2D eigenvalue weighted by molar-refractivity contribution is 5.85. The Kier molecular flexibility index (Phi) is 5.25. The number of hydrogen-bond acceptors (Lipinski definition) is 1. The number of hydrogen-bond donors (Lipinski definition) is 0. The molecule has 0 saturated heterocycles. The maximum absolute atomic E-state index is 2.40. The van der Waals surface area contributed by atoms with Crippen molar-refractivity contribution in [2.24, 2.45) is 0 Å². The van der Waals surface area contributed by atoms with Crippen LogP contribution in [0.25, 0.3) is 22.3 Å². The zero-order valence-electron chi connectivity index (χ0n) is 21.6. The molecule has 0 aliphatic heterocycles. The van der Waals surface area contributed by atoms with E-state index in [1.54, 1.807) is 0 Å². The molecule has 2 aliphatic carbocycles. The highest BCUT2D eigenvalue weighted by Crippen LogP contribution is 2.41. The van der Waals surface area contributed by atoms with Crippen LogP contribution in [0.1, 0.15) is 33.4 Å². The van der Waals surface area contributed by atoms with Gasteiger partial charge in [0.2, 0.25) is 0 Å². The second-order valence-electron chi connectivity index (χ2n) is 10.7. The van der Waals surface area contributed by atoms with Crippen LogP contribution in [0.15, 0.2) is 103 Å². The Balaban J connectivity index is 1.44. The molecule has 1 nitrogen and oxygen atoms in total. The Bertz CT molecular complexity index is 1500. The number of benzene rings is 5. The molecule has 5 aromatic carbocycles. The van der Waals surface area contributed by atoms with Gasteiger partial charge in [-0.25, -0.2) is 0 Å². The zero-order chi connectivity index (χ0) is 24.9. The largest absolute Gasteiger partial charge is 0.310 e. The molecule has 1 heteroatoms. The third kappa shape index (κ3) is 4.05. The van der Waals surface area contributed by atoms with Crippen LogP contribution in [0.2, 0.25) is 0 Å². The Morgan fingerprint density at radius 2 is 0.811 bits per heavy atom. The molecule has 2 aliphatic rings. The fourth-order valence-corrected chi connectivity index (χ4v) is 5.66. The van der Waals surface area contributed by atoms with Crippen molar-refractivity contribution in [1.29, 1.82) is 0 Å². The van der Waals surface area contributed by atoms with Gasteiger partial charge in [-0.3, -0.25) is 0 Å². The first-order chi connectivity index (χ1) is 18.1. The van der Waals surface area contributed by atoms with Gasteiger partial charge in [-0.2, -0.15) is 0 Å². The van der Waals surface area contributed by atoms with Gasteiger partial charge in [0, 0.05) is 17.1 Å². The van der Waals surface area contributed by atoms with Gasteiger partial charge in [0.05, 0.1) is 0 Å². The molecular weight excluding hydrogens is 446 g/mol. The monoisotopic (exact) mass is 477 g/mol. The van der Waals surface area contributed by atoms with E-state index in [1.807, 2.05) is 0 Å². The van der Waals surface area contributed by atoms with Crippen LogP contribution < -0.4 is 4.90 Å². The zero-order valence-corrected chi connectivity index (χ0v) is 21.6. The van der Waals surface area contributed by atoms with E-state index in [2.05, 4.69) is 122 Å². The highest BCUT2D eigenvalue weighted by Gasteiger charge is 2.19. The van der Waals surface area contributed by atoms with Gasteiger partial charge in [0.25, 0.3) is 0 Å². The first-order valence-electron chi connectivity index (χ1n) is 13.4. The highest BCUT2D eigenvalue weighted by atomic mass is 15.1. The lowest BCUT2D eigenvalue weighted by molar-refractivity contribution is 0.840. The standard InChI is InChI=1S/C36H31N/c1-24-3-15-34(16-4-24)37(35-17-5-25(2)6-18-35)36-22-32(30-13-9-26-7-11-28(26)19-30)21-33(23-36)31-14-10-27-8-12-29(27)20-31/h3-6,9-10,13-23H,7-8,11-12H2,1-2H3. The van der Waals surface area contributed by atoms with Gasteiger partial charge < -0.3 is 4.90 Å². The molecule has 0 atom stereocenters. The van der Waals surface area contributed by atoms with Crippen LogP contribution >= 0.6 is 0 Å². The second-order valence-corrected chi connectivity index (χ2v) is 10.7. The molecule has 7 rings (SSSR count). The number of fused-ring (bicyclic) bond motifs is 2. The van der Waals surface area contributed by atoms with Gasteiger partial charge in [-0.05, 0) is 127 Å². The first kappa shape index (κ1) is 22.1. The van der Waals surface area contributed by atoms with Gasteiger partial charge in [-0.1, -0.05) is 71.8 Å². The Labute approximate surface area is 220 Å². The number of anilines is 3. The minimum absolute atomic E-state index is 1.17. The van der Waals surface area contributed by atoms with Gasteiger partial charge in [0.15, 0.2) is 0 Å². The normalized spacial score (nSPS) is 13.2. The molecule has 37 heavy (non-hydrogen) atoms. The molecule has 180 valence electrons. The van der Waals surface area contributed by atoms with Crippen LogP contribution in [0.3, 0.4) is 0 Å². The molecule has 0 spiro atoms. The predicted molar refractivity (Wildman–Crippen MR) is 156 cm³/mol. The average Bonchev–Trinajstić information content (AvgIpc) is 2.88. The van der Waals surface area contributed by atoms with E-state index in [9.17, 15) is 0 Å². The topological polar surface area (TPSA) is 3.24 Å². The molecule has 0 unspecified atom stereocenters. The minimum Gasteiger partial charge on any atom is -0.310 e. The molecule has 0 aromatic heterocycles. The summed E-state index contributed by atoms with van der Waals surface area (Å²) in [5.41, 5.74) is 17.2. The van der Waals surface area contributed by atoms with E-state index in [0.29, 0.717) is 0 Å². The Morgan fingerprint density at radius 1 is 0.378 bits per heavy atom. The van der Waals surface area contributed by atoms with Crippen molar-refractivity contribution < 1.29 is 0 Å². The van der Waals surface area contributed by atoms with E-state index in [0.717, 1.165) is 0 Å². The third-order valence-corrected chi connectivity index (χ3v) is 8.17. The van der Waals surface area contributed by atoms with Crippen molar-refractivity contribution in [1.82, 2.24) is 0 Å². The second kappa shape index (κ2) is 8.78. The lowest BCUT2D eigenvalue weighted by Crippen LogP contribution is -2.11. The van der Waals surface area contributed by atoms with Crippen LogP contribution in [0, 0.1) is 13.8 Å². The van der Waals surface area contributed by atoms with E-state index in [-0.39, 0.29) is 0 Å². The maximum Gasteiger partial charge on any atom is 0.0473 e. The van der Waals surface area contributed by atoms with E-state index < -0.39 is 0 Å². The van der Waals surface area contributed by atoms with E-state index in [1.165, 1.54) is 98.4 Å². The molecule has 0 fully saturated rings. The molecular formula is C36H31N. The Hall–Kier alpha value is -4.10. The SMILES string of the molecule is Cc1ccc(N(c2ccc(C)cc2)c2cc(-c3ccc4c(c3)CC4)cc(-c3ccc4c(c3)CC4)c2)cc1. The van der Waals surface area contributed by atoms with Crippen molar-refractivity contribution in [2.45, 2.75) is 39.5 Å². The molecule has 5 aromatic rings. The Morgan fingerprint density at radius 3 is 1.19 bits per heavy atom. The number of rotatable bonds is 5. The number of aryl methyl sites for hydroxylation is 6. The van der Waals surface area contributed by atoms with Crippen molar-refractivity contribution in [3.63, 3.8) is 0 Å². The smallest absolute Gasteiger partial charge is 0.0473 e.